The summed E-state index contributed by atoms with van der Waals surface area (Å²) >= 11 is 0. The average molecular weight is 444 g/mol. The maximum absolute atomic E-state index is 11.8. The van der Waals surface area contributed by atoms with Crippen molar-refractivity contribution < 1.29 is 4.79 Å². The number of nitrogens with zero attached hydrogens (tertiary/aromatic N) is 2. The first-order chi connectivity index (χ1) is 11.2. The third-order valence-electron chi connectivity index (χ3n) is 4.08. The normalized spacial score (nSPS) is 14.5. The van der Waals surface area contributed by atoms with E-state index in [-0.39, 0.29) is 29.9 Å². The van der Waals surface area contributed by atoms with E-state index >= 15 is 0 Å². The topological polar surface area (TPSA) is 56.7 Å². The zero-order chi connectivity index (χ0) is 16.5. The second-order valence-electron chi connectivity index (χ2n) is 5.88. The van der Waals surface area contributed by atoms with Crippen LogP contribution in [0.15, 0.2) is 29.3 Å². The van der Waals surface area contributed by atoms with Crippen LogP contribution in [0.4, 0.5) is 5.69 Å². The molecule has 24 heavy (non-hydrogen) atoms. The zero-order valence-electron chi connectivity index (χ0n) is 14.7. The first kappa shape index (κ1) is 20.7. The van der Waals surface area contributed by atoms with Gasteiger partial charge in [0, 0.05) is 38.8 Å². The fraction of sp³-hybridized carbons (Fsp3) is 0.556. The van der Waals surface area contributed by atoms with Gasteiger partial charge >= 0.3 is 0 Å². The number of hydrogen-bond donors (Lipinski definition) is 2. The minimum Gasteiger partial charge on any atom is -0.356 e. The largest absolute Gasteiger partial charge is 0.356 e. The Balaban J connectivity index is 0.00000288. The Morgan fingerprint density at radius 3 is 2.54 bits per heavy atom. The zero-order valence-corrected chi connectivity index (χ0v) is 17.0. The second kappa shape index (κ2) is 11.3. The molecule has 6 heteroatoms. The maximum atomic E-state index is 11.8. The van der Waals surface area contributed by atoms with Gasteiger partial charge in [0.2, 0.25) is 5.91 Å². The molecule has 2 rings (SSSR count). The van der Waals surface area contributed by atoms with E-state index in [4.69, 9.17) is 0 Å². The molecule has 1 saturated heterocycles. The fourth-order valence-corrected chi connectivity index (χ4v) is 2.70. The van der Waals surface area contributed by atoms with E-state index in [1.165, 1.54) is 18.4 Å². The summed E-state index contributed by atoms with van der Waals surface area (Å²) in [5, 5.41) is 6.64. The first-order valence-corrected chi connectivity index (χ1v) is 8.58. The minimum atomic E-state index is 0. The van der Waals surface area contributed by atoms with E-state index in [0.29, 0.717) is 6.42 Å². The van der Waals surface area contributed by atoms with Crippen LogP contribution in [0.2, 0.25) is 0 Å². The number of halogens is 1. The molecule has 0 atom stereocenters. The van der Waals surface area contributed by atoms with Gasteiger partial charge in [-0.3, -0.25) is 9.79 Å². The Hall–Kier alpha value is -1.31. The Bertz CT molecular complexity index is 530. The molecule has 1 aliphatic heterocycles. The van der Waals surface area contributed by atoms with Gasteiger partial charge in [0.1, 0.15) is 0 Å². The highest BCUT2D eigenvalue weighted by Crippen LogP contribution is 2.21. The summed E-state index contributed by atoms with van der Waals surface area (Å²) in [7, 11) is 1.79. The lowest BCUT2D eigenvalue weighted by Gasteiger charge is -2.16. The Morgan fingerprint density at radius 1 is 1.21 bits per heavy atom. The van der Waals surface area contributed by atoms with Crippen LogP contribution in [0.5, 0.6) is 0 Å². The molecule has 1 heterocycles. The van der Waals surface area contributed by atoms with E-state index in [2.05, 4.69) is 34.7 Å². The number of hydrogen-bond acceptors (Lipinski definition) is 2. The summed E-state index contributed by atoms with van der Waals surface area (Å²) in [6.45, 7) is 4.71. The molecule has 1 aromatic rings. The number of benzene rings is 1. The molecule has 0 bridgehead atoms. The quantitative estimate of drug-likeness (QED) is 0.294. The molecule has 0 aliphatic carbocycles. The standard InChI is InChI=1S/C18H28N4O.HI/c1-3-4-5-12-20-18(19-2)21-14-15-8-10-16(11-9-15)22-13-6-7-17(22)23;/h8-11H,3-7,12-14H2,1-2H3,(H2,19,20,21);1H. The van der Waals surface area contributed by atoms with Gasteiger partial charge < -0.3 is 15.5 Å². The maximum Gasteiger partial charge on any atom is 0.227 e. The smallest absolute Gasteiger partial charge is 0.227 e. The van der Waals surface area contributed by atoms with E-state index in [9.17, 15) is 4.79 Å². The van der Waals surface area contributed by atoms with Gasteiger partial charge in [0.25, 0.3) is 0 Å². The van der Waals surface area contributed by atoms with Crippen molar-refractivity contribution in [2.45, 2.75) is 45.6 Å². The molecule has 1 aliphatic rings. The van der Waals surface area contributed by atoms with Crippen LogP contribution in [0.1, 0.15) is 44.6 Å². The molecule has 0 saturated carbocycles. The van der Waals surface area contributed by atoms with Crippen molar-refractivity contribution in [1.82, 2.24) is 10.6 Å². The van der Waals surface area contributed by atoms with Gasteiger partial charge in [0.15, 0.2) is 5.96 Å². The fourth-order valence-electron chi connectivity index (χ4n) is 2.70. The lowest BCUT2D eigenvalue weighted by atomic mass is 10.2. The van der Waals surface area contributed by atoms with Gasteiger partial charge in [0.05, 0.1) is 0 Å². The number of anilines is 1. The third kappa shape index (κ3) is 6.30. The van der Waals surface area contributed by atoms with Crippen molar-refractivity contribution in [3.8, 4) is 0 Å². The Morgan fingerprint density at radius 2 is 1.96 bits per heavy atom. The van der Waals surface area contributed by atoms with Gasteiger partial charge in [-0.2, -0.15) is 0 Å². The number of aliphatic imine (C=N–C) groups is 1. The molecule has 134 valence electrons. The van der Waals surface area contributed by atoms with E-state index < -0.39 is 0 Å². The van der Waals surface area contributed by atoms with E-state index in [1.54, 1.807) is 7.05 Å². The number of rotatable bonds is 7. The second-order valence-corrected chi connectivity index (χ2v) is 5.88. The Kier molecular flexibility index (Phi) is 9.75. The van der Waals surface area contributed by atoms with Crippen LogP contribution in [0.3, 0.4) is 0 Å². The van der Waals surface area contributed by atoms with Crippen LogP contribution in [0.25, 0.3) is 0 Å². The molecule has 1 fully saturated rings. The van der Waals surface area contributed by atoms with Crippen LogP contribution in [-0.4, -0.2) is 32.0 Å². The Labute approximate surface area is 162 Å². The van der Waals surface area contributed by atoms with Gasteiger partial charge in [-0.25, -0.2) is 0 Å². The summed E-state index contributed by atoms with van der Waals surface area (Å²) in [5.41, 5.74) is 2.18. The molecule has 2 N–H and O–H groups in total. The van der Waals surface area contributed by atoms with Crippen LogP contribution in [0, 0.1) is 0 Å². The summed E-state index contributed by atoms with van der Waals surface area (Å²) in [6, 6.07) is 8.19. The molecule has 0 aromatic heterocycles. The van der Waals surface area contributed by atoms with Crippen molar-refractivity contribution in [3.63, 3.8) is 0 Å². The number of amides is 1. The molecule has 0 radical (unpaired) electrons. The molecule has 0 spiro atoms. The van der Waals surface area contributed by atoms with Crippen molar-refractivity contribution >= 4 is 41.5 Å². The van der Waals surface area contributed by atoms with Crippen molar-refractivity contribution in [2.24, 2.45) is 4.99 Å². The number of carbonyl (C=O) groups excluding carboxylic acids is 1. The number of unbranched alkanes of at least 4 members (excludes halogenated alkanes) is 2. The average Bonchev–Trinajstić information content (AvgIpc) is 3.01. The lowest BCUT2D eigenvalue weighted by Crippen LogP contribution is -2.37. The van der Waals surface area contributed by atoms with E-state index in [1.807, 2.05) is 17.0 Å². The van der Waals surface area contributed by atoms with Crippen LogP contribution < -0.4 is 15.5 Å². The predicted octanol–water partition coefficient (Wildman–Crippen LogP) is 3.29. The van der Waals surface area contributed by atoms with Gasteiger partial charge in [-0.1, -0.05) is 31.9 Å². The number of guanidine groups is 1. The van der Waals surface area contributed by atoms with Crippen molar-refractivity contribution in [1.29, 1.82) is 0 Å². The highest BCUT2D eigenvalue weighted by Gasteiger charge is 2.21. The summed E-state index contributed by atoms with van der Waals surface area (Å²) < 4.78 is 0. The monoisotopic (exact) mass is 444 g/mol. The summed E-state index contributed by atoms with van der Waals surface area (Å²) in [6.07, 6.45) is 5.25. The summed E-state index contributed by atoms with van der Waals surface area (Å²) in [5.74, 6) is 1.06. The minimum absolute atomic E-state index is 0. The van der Waals surface area contributed by atoms with Crippen LogP contribution >= 0.6 is 24.0 Å². The van der Waals surface area contributed by atoms with Gasteiger partial charge in [-0.15, -0.1) is 24.0 Å². The van der Waals surface area contributed by atoms with Crippen molar-refractivity contribution in [2.75, 3.05) is 25.0 Å². The van der Waals surface area contributed by atoms with E-state index in [0.717, 1.165) is 44.1 Å². The van der Waals surface area contributed by atoms with Crippen LogP contribution in [-0.2, 0) is 11.3 Å². The first-order valence-electron chi connectivity index (χ1n) is 8.58. The molecule has 0 unspecified atom stereocenters. The molecule has 1 amide bonds. The summed E-state index contributed by atoms with van der Waals surface area (Å²) in [4.78, 5) is 17.8. The highest BCUT2D eigenvalue weighted by molar-refractivity contribution is 14.0. The molecular formula is C18H29IN4O. The number of carbonyl (C=O) groups is 1. The molecule has 5 nitrogen and oxygen atoms in total. The molecule has 1 aromatic carbocycles. The third-order valence-corrected chi connectivity index (χ3v) is 4.08. The van der Waals surface area contributed by atoms with Crippen molar-refractivity contribution in [3.05, 3.63) is 29.8 Å². The van der Waals surface area contributed by atoms with Gasteiger partial charge in [-0.05, 0) is 30.5 Å². The lowest BCUT2D eigenvalue weighted by molar-refractivity contribution is -0.117. The SMILES string of the molecule is CCCCCNC(=NC)NCc1ccc(N2CCCC2=O)cc1.I. The number of nitrogens with one attached hydrogen (secondary N) is 2. The molecular weight excluding hydrogens is 415 g/mol. The predicted molar refractivity (Wildman–Crippen MR) is 111 cm³/mol. The highest BCUT2D eigenvalue weighted by atomic mass is 127.